The molecule has 2 aliphatic rings. The second kappa shape index (κ2) is 11.2. The molecule has 0 spiro atoms. The highest BCUT2D eigenvalue weighted by atomic mass is 35.5. The molecule has 1 aromatic carbocycles. The van der Waals surface area contributed by atoms with Crippen molar-refractivity contribution >= 4 is 46.4 Å². The largest absolute Gasteiger partial charge is 0.492 e. The lowest BCUT2D eigenvalue weighted by Gasteiger charge is -2.29. The normalized spacial score (nSPS) is 16.3. The number of nitrogens with one attached hydrogen (secondary N) is 3. The zero-order chi connectivity index (χ0) is 23.9. The number of hydrogen-bond acceptors (Lipinski definition) is 8. The number of nitrogens with zero attached hydrogens (tertiary/aromatic N) is 3. The van der Waals surface area contributed by atoms with Gasteiger partial charge in [-0.3, -0.25) is 9.59 Å². The summed E-state index contributed by atoms with van der Waals surface area (Å²) in [6.45, 7) is 3.77. The minimum Gasteiger partial charge on any atom is -0.492 e. The first-order valence-electron chi connectivity index (χ1n) is 11.3. The molecule has 1 amide bonds. The molecule has 180 valence electrons. The topological polar surface area (TPSA) is 129 Å². The Balaban J connectivity index is 1.41. The number of rotatable bonds is 10. The predicted molar refractivity (Wildman–Crippen MR) is 130 cm³/mol. The molecule has 0 bridgehead atoms. The molecule has 4 rings (SSSR count). The summed E-state index contributed by atoms with van der Waals surface area (Å²) >= 11 is 6.37. The zero-order valence-corrected chi connectivity index (χ0v) is 19.4. The average Bonchev–Trinajstić information content (AvgIpc) is 3.16. The van der Waals surface area contributed by atoms with Crippen LogP contribution in [0.15, 0.2) is 30.7 Å². The van der Waals surface area contributed by atoms with Gasteiger partial charge in [-0.1, -0.05) is 11.6 Å². The molecule has 4 N–H and O–H groups in total. The number of halogens is 1. The Morgan fingerprint density at radius 3 is 2.82 bits per heavy atom. The van der Waals surface area contributed by atoms with E-state index in [0.29, 0.717) is 46.4 Å². The molecular formula is C23H27ClN6O4. The van der Waals surface area contributed by atoms with Crippen molar-refractivity contribution in [3.05, 3.63) is 41.3 Å². The van der Waals surface area contributed by atoms with Gasteiger partial charge in [0, 0.05) is 44.5 Å². The summed E-state index contributed by atoms with van der Waals surface area (Å²) in [6, 6.07) is 5.30. The smallest absolute Gasteiger partial charge is 0.303 e. The maximum Gasteiger partial charge on any atom is 0.303 e. The fourth-order valence-corrected chi connectivity index (χ4v) is 4.10. The Hall–Kier alpha value is -3.37. The SMILES string of the molecule is O=C(O)CCCCCOc1ccc(N/C=C2\C(=O)Nc3ncnc(N4CCNCC4)c32)cc1Cl. The number of carbonyl (C=O) groups excluding carboxylic acids is 1. The highest BCUT2D eigenvalue weighted by molar-refractivity contribution is 6.33. The molecule has 34 heavy (non-hydrogen) atoms. The number of amides is 1. The molecule has 0 unspecified atom stereocenters. The number of aromatic nitrogens is 2. The third-order valence-electron chi connectivity index (χ3n) is 5.60. The lowest BCUT2D eigenvalue weighted by Crippen LogP contribution is -2.44. The minimum atomic E-state index is -0.784. The van der Waals surface area contributed by atoms with Gasteiger partial charge in [0.1, 0.15) is 23.7 Å². The van der Waals surface area contributed by atoms with Gasteiger partial charge in [0.25, 0.3) is 5.91 Å². The van der Waals surface area contributed by atoms with Gasteiger partial charge in [-0.05, 0) is 37.5 Å². The average molecular weight is 487 g/mol. The van der Waals surface area contributed by atoms with E-state index in [0.717, 1.165) is 44.8 Å². The Kier molecular flexibility index (Phi) is 7.81. The molecule has 2 aromatic rings. The van der Waals surface area contributed by atoms with E-state index in [1.165, 1.54) is 6.33 Å². The van der Waals surface area contributed by atoms with Crippen molar-refractivity contribution in [2.24, 2.45) is 0 Å². The molecule has 11 heteroatoms. The van der Waals surface area contributed by atoms with Crippen LogP contribution in [0.3, 0.4) is 0 Å². The highest BCUT2D eigenvalue weighted by Crippen LogP contribution is 2.36. The predicted octanol–water partition coefficient (Wildman–Crippen LogP) is 2.97. The number of carboxylic acids is 1. The molecule has 0 atom stereocenters. The molecular weight excluding hydrogens is 460 g/mol. The van der Waals surface area contributed by atoms with Crippen molar-refractivity contribution in [2.75, 3.05) is 48.3 Å². The van der Waals surface area contributed by atoms with Crippen LogP contribution in [0, 0.1) is 0 Å². The van der Waals surface area contributed by atoms with E-state index in [2.05, 4.69) is 30.8 Å². The van der Waals surface area contributed by atoms with E-state index in [1.54, 1.807) is 18.3 Å². The van der Waals surface area contributed by atoms with Gasteiger partial charge in [-0.25, -0.2) is 9.97 Å². The number of aliphatic carboxylic acids is 1. The van der Waals surface area contributed by atoms with Gasteiger partial charge in [0.05, 0.1) is 22.8 Å². The number of carboxylic acid groups (broad SMARTS) is 1. The Labute approximate surface area is 202 Å². The summed E-state index contributed by atoms with van der Waals surface area (Å²) in [7, 11) is 0. The molecule has 1 saturated heterocycles. The van der Waals surface area contributed by atoms with E-state index in [4.69, 9.17) is 21.4 Å². The van der Waals surface area contributed by atoms with Crippen molar-refractivity contribution in [3.63, 3.8) is 0 Å². The van der Waals surface area contributed by atoms with Crippen molar-refractivity contribution in [1.29, 1.82) is 0 Å². The molecule has 3 heterocycles. The maximum atomic E-state index is 12.6. The van der Waals surface area contributed by atoms with Gasteiger partial charge >= 0.3 is 5.97 Å². The molecule has 2 aliphatic heterocycles. The number of hydrogen-bond donors (Lipinski definition) is 4. The summed E-state index contributed by atoms with van der Waals surface area (Å²) in [4.78, 5) is 34.0. The lowest BCUT2D eigenvalue weighted by atomic mass is 10.1. The minimum absolute atomic E-state index is 0.169. The lowest BCUT2D eigenvalue weighted by molar-refractivity contribution is -0.137. The van der Waals surface area contributed by atoms with E-state index in [1.807, 2.05) is 6.07 Å². The van der Waals surface area contributed by atoms with Crippen molar-refractivity contribution < 1.29 is 19.4 Å². The standard InChI is InChI=1S/C23H27ClN6O4/c24-17-12-15(5-6-18(17)34-11-3-1-2-4-19(31)32)26-13-16-20-21(29-23(16)33)27-14-28-22(20)30-9-7-25-8-10-30/h5-6,12-14,25-26H,1-4,7-11H2,(H,31,32)(H,27,28,29,33)/b16-13-. The summed E-state index contributed by atoms with van der Waals surface area (Å²) in [6.07, 6.45) is 5.44. The first-order chi connectivity index (χ1) is 16.5. The van der Waals surface area contributed by atoms with E-state index in [-0.39, 0.29) is 12.3 Å². The molecule has 1 fully saturated rings. The number of anilines is 3. The van der Waals surface area contributed by atoms with Crippen LogP contribution in [-0.4, -0.2) is 59.7 Å². The second-order valence-corrected chi connectivity index (χ2v) is 8.42. The quantitative estimate of drug-likeness (QED) is 0.296. The van der Waals surface area contributed by atoms with E-state index < -0.39 is 5.97 Å². The van der Waals surface area contributed by atoms with Crippen molar-refractivity contribution in [2.45, 2.75) is 25.7 Å². The summed E-state index contributed by atoms with van der Waals surface area (Å²) in [5.74, 6) is 0.771. The van der Waals surface area contributed by atoms with Crippen LogP contribution in [0.25, 0.3) is 5.57 Å². The second-order valence-electron chi connectivity index (χ2n) is 8.01. The van der Waals surface area contributed by atoms with Crippen LogP contribution < -0.4 is 25.6 Å². The first kappa shape index (κ1) is 23.8. The van der Waals surface area contributed by atoms with Crippen LogP contribution in [0.4, 0.5) is 17.3 Å². The number of fused-ring (bicyclic) bond motifs is 1. The van der Waals surface area contributed by atoms with Crippen LogP contribution >= 0.6 is 11.6 Å². The van der Waals surface area contributed by atoms with E-state index >= 15 is 0 Å². The zero-order valence-electron chi connectivity index (χ0n) is 18.6. The Morgan fingerprint density at radius 2 is 2.06 bits per heavy atom. The van der Waals surface area contributed by atoms with Crippen LogP contribution in [0.5, 0.6) is 5.75 Å². The van der Waals surface area contributed by atoms with Gasteiger partial charge in [-0.15, -0.1) is 0 Å². The van der Waals surface area contributed by atoms with Crippen LogP contribution in [0.2, 0.25) is 5.02 Å². The Bertz CT molecular complexity index is 1090. The third kappa shape index (κ3) is 5.75. The number of ether oxygens (including phenoxy) is 1. The van der Waals surface area contributed by atoms with Crippen molar-refractivity contribution in [3.8, 4) is 5.75 Å². The third-order valence-corrected chi connectivity index (χ3v) is 5.89. The Morgan fingerprint density at radius 1 is 1.24 bits per heavy atom. The van der Waals surface area contributed by atoms with Crippen molar-refractivity contribution in [1.82, 2.24) is 15.3 Å². The van der Waals surface area contributed by atoms with E-state index in [9.17, 15) is 9.59 Å². The highest BCUT2D eigenvalue weighted by Gasteiger charge is 2.31. The van der Waals surface area contributed by atoms with Gasteiger partial charge in [0.15, 0.2) is 0 Å². The summed E-state index contributed by atoms with van der Waals surface area (Å²) in [5, 5.41) is 18.4. The molecule has 0 saturated carbocycles. The molecule has 10 nitrogen and oxygen atoms in total. The summed E-state index contributed by atoms with van der Waals surface area (Å²) < 4.78 is 5.71. The maximum absolute atomic E-state index is 12.6. The summed E-state index contributed by atoms with van der Waals surface area (Å²) in [5.41, 5.74) is 1.85. The first-order valence-corrected chi connectivity index (χ1v) is 11.6. The fourth-order valence-electron chi connectivity index (χ4n) is 3.86. The van der Waals surface area contributed by atoms with Gasteiger partial charge in [-0.2, -0.15) is 0 Å². The number of unbranched alkanes of at least 4 members (excludes halogenated alkanes) is 2. The van der Waals surface area contributed by atoms with Crippen LogP contribution in [0.1, 0.15) is 31.2 Å². The monoisotopic (exact) mass is 486 g/mol. The van der Waals surface area contributed by atoms with Gasteiger partial charge < -0.3 is 30.7 Å². The molecule has 0 aliphatic carbocycles. The van der Waals surface area contributed by atoms with Gasteiger partial charge in [0.2, 0.25) is 0 Å². The number of carbonyl (C=O) groups is 2. The molecule has 1 aromatic heterocycles. The van der Waals surface area contributed by atoms with Crippen LogP contribution in [-0.2, 0) is 9.59 Å². The fraction of sp³-hybridized carbons (Fsp3) is 0.391. The number of benzene rings is 1. The number of piperazine rings is 1. The molecule has 0 radical (unpaired) electrons.